The highest BCUT2D eigenvalue weighted by molar-refractivity contribution is 7.15. The summed E-state index contributed by atoms with van der Waals surface area (Å²) in [5.74, 6) is -6.79. The number of amides is 6. The highest BCUT2D eigenvalue weighted by Crippen LogP contribution is 2.43. The zero-order chi connectivity index (χ0) is 70.7. The fourth-order valence-electron chi connectivity index (χ4n) is 11.3. The second-order valence-electron chi connectivity index (χ2n) is 23.9. The van der Waals surface area contributed by atoms with Crippen LogP contribution in [0.25, 0.3) is 43.4 Å². The summed E-state index contributed by atoms with van der Waals surface area (Å²) in [4.78, 5) is 156. The zero-order valence-electron chi connectivity index (χ0n) is 54.2. The molecule has 10 rings (SSSR count). The SMILES string of the molecule is CNC(=O)C[C@@H]1NC(=O)c2csc(n2)-c2ccc(-c3nc(N(CCCCC(=O)O)C(=O)O[C@]4(CCCCC(=O)O)CC[C@@H](C(=O)O)CC4)cs3)nc2-c2csc(n2)-c2csc(n2)[C@H]([C@@H](O)c2ccccc2)NC(=O)CNC(=O)c2nc(sc2COC)[C@H](C(C)C)NC(=O)c2nc1sc2C. The number of aryl methyl sites for hydroxylation is 1. The molecule has 0 saturated heterocycles. The highest BCUT2D eigenvalue weighted by atomic mass is 32.1. The number of ether oxygens (including phenoxy) is 2. The molecular weight excluding hydrogens is 1400 g/mol. The van der Waals surface area contributed by atoms with Crippen LogP contribution in [0.5, 0.6) is 0 Å². The monoisotopic (exact) mass is 1470 g/mol. The number of hydrogen-bond donors (Lipinski definition) is 9. The normalized spacial score (nSPS) is 18.7. The van der Waals surface area contributed by atoms with E-state index in [1.807, 2.05) is 13.8 Å². The Bertz CT molecular complexity index is 4270. The Morgan fingerprint density at radius 3 is 2.06 bits per heavy atom. The van der Waals surface area contributed by atoms with Crippen LogP contribution in [-0.2, 0) is 40.1 Å². The molecule has 34 heteroatoms. The van der Waals surface area contributed by atoms with Crippen LogP contribution < -0.4 is 31.5 Å². The number of thiazole rings is 6. The molecule has 0 radical (unpaired) electrons. The first-order chi connectivity index (χ1) is 47.5. The van der Waals surface area contributed by atoms with Crippen LogP contribution in [0.3, 0.4) is 0 Å². The molecule has 8 heterocycles. The van der Waals surface area contributed by atoms with Gasteiger partial charge in [-0.25, -0.2) is 39.7 Å². The van der Waals surface area contributed by atoms with Crippen LogP contribution in [0.15, 0.2) is 64.0 Å². The second-order valence-corrected chi connectivity index (χ2v) is 29.7. The first-order valence-corrected chi connectivity index (χ1v) is 36.8. The van der Waals surface area contributed by atoms with Crippen molar-refractivity contribution in [3.63, 3.8) is 0 Å². The number of carbonyl (C=O) groups is 9. The summed E-state index contributed by atoms with van der Waals surface area (Å²) in [6, 6.07) is 9.14. The predicted octanol–water partition coefficient (Wildman–Crippen LogP) is 10.2. The van der Waals surface area contributed by atoms with Crippen molar-refractivity contribution in [1.82, 2.24) is 61.5 Å². The molecule has 6 amide bonds. The third kappa shape index (κ3) is 17.9. The zero-order valence-corrected chi connectivity index (χ0v) is 59.1. The number of benzene rings is 1. The van der Waals surface area contributed by atoms with Gasteiger partial charge >= 0.3 is 24.0 Å². The van der Waals surface area contributed by atoms with Gasteiger partial charge in [0.25, 0.3) is 17.7 Å². The summed E-state index contributed by atoms with van der Waals surface area (Å²) in [6.45, 7) is 4.84. The maximum absolute atomic E-state index is 14.6. The van der Waals surface area contributed by atoms with Crippen molar-refractivity contribution < 1.29 is 73.1 Å². The number of aliphatic carboxylic acids is 3. The van der Waals surface area contributed by atoms with E-state index in [1.165, 1.54) is 30.4 Å². The van der Waals surface area contributed by atoms with Gasteiger partial charge in [0.15, 0.2) is 0 Å². The van der Waals surface area contributed by atoms with Gasteiger partial charge in [-0.2, -0.15) is 0 Å². The van der Waals surface area contributed by atoms with Crippen molar-refractivity contribution in [2.24, 2.45) is 11.8 Å². The molecule has 9 N–H and O–H groups in total. The van der Waals surface area contributed by atoms with Gasteiger partial charge in [0, 0.05) is 65.5 Å². The van der Waals surface area contributed by atoms with Crippen molar-refractivity contribution >= 4 is 127 Å². The minimum atomic E-state index is -1.33. The van der Waals surface area contributed by atoms with Gasteiger partial charge in [-0.1, -0.05) is 44.2 Å². The topological polar surface area (TPSA) is 407 Å². The molecule has 0 spiro atoms. The third-order valence-corrected chi connectivity index (χ3v) is 22.3. The number of fused-ring (bicyclic) bond motifs is 14. The number of aliphatic hydroxyl groups excluding tert-OH is 1. The number of aromatic nitrogens is 7. The van der Waals surface area contributed by atoms with Crippen LogP contribution in [0.1, 0.15) is 177 Å². The summed E-state index contributed by atoms with van der Waals surface area (Å²) in [7, 11) is 2.91. The van der Waals surface area contributed by atoms with E-state index in [0.29, 0.717) is 75.8 Å². The Morgan fingerprint density at radius 1 is 0.677 bits per heavy atom. The van der Waals surface area contributed by atoms with Crippen molar-refractivity contribution in [3.8, 4) is 43.4 Å². The van der Waals surface area contributed by atoms with E-state index in [9.17, 15) is 63.6 Å². The van der Waals surface area contributed by atoms with Crippen LogP contribution in [-0.4, -0.2) is 142 Å². The van der Waals surface area contributed by atoms with E-state index < -0.39 is 95.8 Å². The van der Waals surface area contributed by atoms with Crippen molar-refractivity contribution in [2.75, 3.05) is 32.1 Å². The molecule has 28 nitrogen and oxygen atoms in total. The maximum atomic E-state index is 14.6. The molecule has 4 atom stereocenters. The molecule has 1 aromatic carbocycles. The van der Waals surface area contributed by atoms with E-state index in [4.69, 9.17) is 44.4 Å². The van der Waals surface area contributed by atoms with Crippen molar-refractivity contribution in [3.05, 3.63) is 111 Å². The fraction of sp³-hybridized carbons (Fsp3) is 0.415. The number of unbranched alkanes of at least 4 members (excludes halogenated alkanes) is 2. The van der Waals surface area contributed by atoms with Gasteiger partial charge in [0.1, 0.15) is 87.8 Å². The van der Waals surface area contributed by atoms with E-state index in [-0.39, 0.29) is 117 Å². The lowest BCUT2D eigenvalue weighted by atomic mass is 9.76. The largest absolute Gasteiger partial charge is 0.481 e. The number of aliphatic hydroxyl groups is 1. The summed E-state index contributed by atoms with van der Waals surface area (Å²) in [6.07, 6.45) is -0.304. The highest BCUT2D eigenvalue weighted by Gasteiger charge is 2.42. The predicted molar refractivity (Wildman–Crippen MR) is 371 cm³/mol. The lowest BCUT2D eigenvalue weighted by molar-refractivity contribution is -0.145. The molecule has 2 aliphatic rings. The number of nitrogens with one attached hydrogen (secondary N) is 5. The second kappa shape index (κ2) is 32.8. The van der Waals surface area contributed by atoms with Gasteiger partial charge in [0.05, 0.1) is 48.1 Å². The van der Waals surface area contributed by atoms with Crippen molar-refractivity contribution in [1.29, 1.82) is 0 Å². The molecule has 522 valence electrons. The summed E-state index contributed by atoms with van der Waals surface area (Å²) < 4.78 is 11.8. The minimum absolute atomic E-state index is 0.00586. The minimum Gasteiger partial charge on any atom is -0.481 e. The maximum Gasteiger partial charge on any atom is 0.416 e. The average molecular weight is 1470 g/mol. The van der Waals surface area contributed by atoms with Crippen LogP contribution in [0, 0.1) is 18.8 Å². The Kier molecular flexibility index (Phi) is 24.2. The molecule has 1 fully saturated rings. The summed E-state index contributed by atoms with van der Waals surface area (Å²) >= 11 is 6.90. The Labute approximate surface area is 591 Å². The number of nitrogens with zero attached hydrogens (tertiary/aromatic N) is 8. The average Bonchev–Trinajstić information content (AvgIpc) is 1.74. The molecular formula is C65H71N13O15S6. The van der Waals surface area contributed by atoms with Crippen molar-refractivity contribution in [2.45, 2.75) is 134 Å². The number of anilines is 1. The lowest BCUT2D eigenvalue weighted by Gasteiger charge is -2.40. The fourth-order valence-corrected chi connectivity index (χ4v) is 16.9. The molecule has 1 aliphatic heterocycles. The Hall–Kier alpha value is -8.90. The van der Waals surface area contributed by atoms with Gasteiger partial charge < -0.3 is 56.5 Å². The number of carbonyl (C=O) groups excluding carboxylic acids is 6. The van der Waals surface area contributed by atoms with Crippen LogP contribution in [0.4, 0.5) is 10.6 Å². The summed E-state index contributed by atoms with van der Waals surface area (Å²) in [5.41, 5.74) is 1.03. The van der Waals surface area contributed by atoms with Crippen LogP contribution in [0.2, 0.25) is 0 Å². The number of rotatable bonds is 21. The number of carboxylic acids is 3. The number of pyridine rings is 1. The Morgan fingerprint density at radius 2 is 1.35 bits per heavy atom. The van der Waals surface area contributed by atoms with E-state index in [1.54, 1.807) is 70.9 Å². The smallest absolute Gasteiger partial charge is 0.416 e. The van der Waals surface area contributed by atoms with E-state index in [0.717, 1.165) is 56.7 Å². The third-order valence-electron chi connectivity index (χ3n) is 16.6. The number of carboxylic acid groups (broad SMARTS) is 3. The molecule has 7 aromatic heterocycles. The standard InChI is InChI=1S/C65H71N13O15S6/c1-32(2)48-62-77-51(42(99-62)27-92-5)55(87)67-26-45(80)74-52(53(85)34-13-7-6-8-14-34)61-72-41(30-96-61)59-70-39(28-95-59)50-36(57-71-40(29-94-57)54(86)69-38(25-44(79)66-4)60-76-49(33(3)98-60)56(88)75-48)17-18-37(68-50)58-73-43(31-97-58)78(24-12-10-16-47(83)84)64(91)93-65(21-11-9-15-46(81)82)22-19-35(20-23-65)63(89)90/h6-8,13-14,17-18,28-32,35,38,48,52-53,85H,9-12,15-16,19-27H2,1-5H3,(H,66,79)(H,67,87)(H,69,86)(H,74,80)(H,75,88)(H,81,82)(H,83,84)(H,89,90)/t35-,38-,48-,52-,53-,65-/m0/s1. The van der Waals surface area contributed by atoms with Gasteiger partial charge in [-0.3, -0.25) is 43.3 Å². The van der Waals surface area contributed by atoms with Gasteiger partial charge in [-0.05, 0) is 88.3 Å². The Balaban J connectivity index is 1.04. The van der Waals surface area contributed by atoms with Gasteiger partial charge in [0.2, 0.25) is 11.8 Å². The molecule has 1 saturated carbocycles. The first kappa shape index (κ1) is 72.8. The van der Waals surface area contributed by atoms with E-state index in [2.05, 4.69) is 26.6 Å². The number of methoxy groups -OCH3 is 1. The lowest BCUT2D eigenvalue weighted by Crippen LogP contribution is -2.45. The quantitative estimate of drug-likeness (QED) is 0.0302. The van der Waals surface area contributed by atoms with E-state index >= 15 is 0 Å². The van der Waals surface area contributed by atoms with Gasteiger partial charge in [-0.15, -0.1) is 68.0 Å². The summed E-state index contributed by atoms with van der Waals surface area (Å²) in [5, 5.41) is 63.4. The number of hydrogen-bond acceptors (Lipinski definition) is 25. The molecule has 1 aliphatic carbocycles. The molecule has 0 unspecified atom stereocenters. The molecule has 8 aromatic rings. The first-order valence-electron chi connectivity index (χ1n) is 31.6. The molecule has 99 heavy (non-hydrogen) atoms. The van der Waals surface area contributed by atoms with Crippen LogP contribution >= 0.6 is 68.0 Å². The molecule has 10 bridgehead atoms.